The molecule has 0 aromatic heterocycles. The number of rotatable bonds is 6. The summed E-state index contributed by atoms with van der Waals surface area (Å²) < 4.78 is 11.0. The van der Waals surface area contributed by atoms with Gasteiger partial charge in [-0.2, -0.15) is 0 Å². The topological polar surface area (TPSA) is 67.9 Å². The molecule has 2 amide bonds. The van der Waals surface area contributed by atoms with Crippen molar-refractivity contribution >= 4 is 17.5 Å². The Kier molecular flexibility index (Phi) is 5.69. The molecule has 0 saturated heterocycles. The molecule has 1 heterocycles. The van der Waals surface area contributed by atoms with Crippen LogP contribution in [0.15, 0.2) is 42.5 Å². The Bertz CT molecular complexity index is 890. The highest BCUT2D eigenvalue weighted by atomic mass is 16.5. The minimum absolute atomic E-state index is 0.0758. The van der Waals surface area contributed by atoms with Crippen LogP contribution in [0.1, 0.15) is 30.4 Å². The lowest BCUT2D eigenvalue weighted by Crippen LogP contribution is -2.32. The second-order valence-corrected chi connectivity index (χ2v) is 7.60. The second kappa shape index (κ2) is 8.55. The average Bonchev–Trinajstić information content (AvgIpc) is 3.59. The van der Waals surface area contributed by atoms with Crippen LogP contribution < -0.4 is 14.8 Å². The molecule has 6 heteroatoms. The molecule has 0 atom stereocenters. The molecule has 1 aliphatic carbocycles. The molecule has 152 valence electrons. The highest BCUT2D eigenvalue weighted by molar-refractivity contribution is 5.94. The van der Waals surface area contributed by atoms with Crippen molar-refractivity contribution in [1.82, 2.24) is 4.90 Å². The smallest absolute Gasteiger partial charge is 0.227 e. The van der Waals surface area contributed by atoms with Crippen LogP contribution in [0.2, 0.25) is 0 Å². The third kappa shape index (κ3) is 4.88. The molecular weight excluding hydrogens is 368 g/mol. The van der Waals surface area contributed by atoms with Crippen molar-refractivity contribution in [3.63, 3.8) is 0 Å². The SMILES string of the molecule is COc1ccc(CCC(=O)N2CCOc3ccc(NC(=O)C4CC4)cc3C2)cc1. The van der Waals surface area contributed by atoms with Crippen LogP contribution in [-0.4, -0.2) is 37.0 Å². The summed E-state index contributed by atoms with van der Waals surface area (Å²) in [6, 6.07) is 13.5. The molecule has 1 aliphatic heterocycles. The predicted octanol–water partition coefficient (Wildman–Crippen LogP) is 3.40. The normalized spacial score (nSPS) is 15.7. The molecule has 0 radical (unpaired) electrons. The van der Waals surface area contributed by atoms with Gasteiger partial charge in [0.05, 0.1) is 13.7 Å². The van der Waals surface area contributed by atoms with Crippen LogP contribution in [-0.2, 0) is 22.6 Å². The van der Waals surface area contributed by atoms with Gasteiger partial charge in [0.2, 0.25) is 11.8 Å². The Hall–Kier alpha value is -3.02. The number of hydrogen-bond donors (Lipinski definition) is 1. The molecule has 6 nitrogen and oxygen atoms in total. The number of fused-ring (bicyclic) bond motifs is 1. The van der Waals surface area contributed by atoms with E-state index in [0.717, 1.165) is 41.2 Å². The first-order valence-corrected chi connectivity index (χ1v) is 10.1. The van der Waals surface area contributed by atoms with Crippen molar-refractivity contribution in [2.75, 3.05) is 25.6 Å². The van der Waals surface area contributed by atoms with Gasteiger partial charge in [-0.1, -0.05) is 12.1 Å². The molecule has 29 heavy (non-hydrogen) atoms. The number of anilines is 1. The highest BCUT2D eigenvalue weighted by Crippen LogP contribution is 2.32. The lowest BCUT2D eigenvalue weighted by Gasteiger charge is -2.20. The maximum atomic E-state index is 12.8. The van der Waals surface area contributed by atoms with Crippen LogP contribution in [0.3, 0.4) is 0 Å². The van der Waals surface area contributed by atoms with Crippen LogP contribution in [0.25, 0.3) is 0 Å². The maximum absolute atomic E-state index is 12.8. The number of nitrogens with one attached hydrogen (secondary N) is 1. The zero-order valence-corrected chi connectivity index (χ0v) is 16.6. The zero-order chi connectivity index (χ0) is 20.2. The van der Waals surface area contributed by atoms with E-state index in [2.05, 4.69) is 5.32 Å². The van der Waals surface area contributed by atoms with Gasteiger partial charge in [0.1, 0.15) is 18.1 Å². The van der Waals surface area contributed by atoms with Crippen LogP contribution >= 0.6 is 0 Å². The summed E-state index contributed by atoms with van der Waals surface area (Å²) in [5.41, 5.74) is 2.79. The molecule has 1 saturated carbocycles. The van der Waals surface area contributed by atoms with Crippen molar-refractivity contribution in [3.05, 3.63) is 53.6 Å². The molecular formula is C23H26N2O4. The number of methoxy groups -OCH3 is 1. The first kappa shape index (κ1) is 19.3. The molecule has 2 aliphatic rings. The van der Waals surface area contributed by atoms with Crippen molar-refractivity contribution < 1.29 is 19.1 Å². The number of carbonyl (C=O) groups excluding carboxylic acids is 2. The highest BCUT2D eigenvalue weighted by Gasteiger charge is 2.29. The van der Waals surface area contributed by atoms with Gasteiger partial charge in [0.15, 0.2) is 0 Å². The van der Waals surface area contributed by atoms with E-state index >= 15 is 0 Å². The third-order valence-corrected chi connectivity index (χ3v) is 5.40. The van der Waals surface area contributed by atoms with Gasteiger partial charge in [-0.15, -0.1) is 0 Å². The minimum Gasteiger partial charge on any atom is -0.497 e. The van der Waals surface area contributed by atoms with E-state index in [9.17, 15) is 9.59 Å². The van der Waals surface area contributed by atoms with Gasteiger partial charge in [-0.3, -0.25) is 9.59 Å². The van der Waals surface area contributed by atoms with E-state index in [0.29, 0.717) is 32.5 Å². The molecule has 0 unspecified atom stereocenters. The summed E-state index contributed by atoms with van der Waals surface area (Å²) in [6.07, 6.45) is 3.07. The predicted molar refractivity (Wildman–Crippen MR) is 110 cm³/mol. The molecule has 0 bridgehead atoms. The molecule has 1 N–H and O–H groups in total. The fraction of sp³-hybridized carbons (Fsp3) is 0.391. The number of aryl methyl sites for hydroxylation is 1. The monoisotopic (exact) mass is 394 g/mol. The number of ether oxygens (including phenoxy) is 2. The van der Waals surface area contributed by atoms with Gasteiger partial charge < -0.3 is 19.7 Å². The minimum atomic E-state index is 0.0758. The number of hydrogen-bond acceptors (Lipinski definition) is 4. The van der Waals surface area contributed by atoms with Crippen molar-refractivity contribution in [2.24, 2.45) is 5.92 Å². The van der Waals surface area contributed by atoms with E-state index < -0.39 is 0 Å². The van der Waals surface area contributed by atoms with E-state index in [1.807, 2.05) is 47.4 Å². The number of nitrogens with zero attached hydrogens (tertiary/aromatic N) is 1. The lowest BCUT2D eigenvalue weighted by molar-refractivity contribution is -0.131. The summed E-state index contributed by atoms with van der Waals surface area (Å²) in [6.45, 7) is 1.51. The third-order valence-electron chi connectivity index (χ3n) is 5.40. The summed E-state index contributed by atoms with van der Waals surface area (Å²) in [7, 11) is 1.64. The van der Waals surface area contributed by atoms with Crippen molar-refractivity contribution in [3.8, 4) is 11.5 Å². The summed E-state index contributed by atoms with van der Waals surface area (Å²) >= 11 is 0. The lowest BCUT2D eigenvalue weighted by atomic mass is 10.1. The molecule has 4 rings (SSSR count). The van der Waals surface area contributed by atoms with E-state index in [-0.39, 0.29) is 17.7 Å². The first-order valence-electron chi connectivity index (χ1n) is 10.1. The fourth-order valence-corrected chi connectivity index (χ4v) is 3.48. The van der Waals surface area contributed by atoms with Gasteiger partial charge in [-0.05, 0) is 55.2 Å². The maximum Gasteiger partial charge on any atom is 0.227 e. The Morgan fingerprint density at radius 2 is 1.97 bits per heavy atom. The quantitative estimate of drug-likeness (QED) is 0.815. The number of amides is 2. The van der Waals surface area contributed by atoms with Crippen molar-refractivity contribution in [2.45, 2.75) is 32.2 Å². The molecule has 0 spiro atoms. The van der Waals surface area contributed by atoms with E-state index in [4.69, 9.17) is 9.47 Å². The number of carbonyl (C=O) groups is 2. The Morgan fingerprint density at radius 1 is 1.17 bits per heavy atom. The van der Waals surface area contributed by atoms with Crippen LogP contribution in [0.5, 0.6) is 11.5 Å². The number of benzene rings is 2. The van der Waals surface area contributed by atoms with Gasteiger partial charge >= 0.3 is 0 Å². The Labute approximate surface area is 170 Å². The van der Waals surface area contributed by atoms with Crippen LogP contribution in [0, 0.1) is 5.92 Å². The zero-order valence-electron chi connectivity index (χ0n) is 16.6. The summed E-state index contributed by atoms with van der Waals surface area (Å²) in [4.78, 5) is 26.7. The van der Waals surface area contributed by atoms with Gasteiger partial charge in [-0.25, -0.2) is 0 Å². The second-order valence-electron chi connectivity index (χ2n) is 7.60. The fourth-order valence-electron chi connectivity index (χ4n) is 3.48. The summed E-state index contributed by atoms with van der Waals surface area (Å²) in [5, 5.41) is 2.97. The van der Waals surface area contributed by atoms with E-state index in [1.165, 1.54) is 0 Å². The standard InChI is InChI=1S/C23H26N2O4/c1-28-20-8-2-16(3-9-20)4-11-22(26)25-12-13-29-21-10-7-19(14-18(21)15-25)24-23(27)17-5-6-17/h2-3,7-10,14,17H,4-6,11-13,15H2,1H3,(H,24,27). The first-order chi connectivity index (χ1) is 14.1. The molecule has 2 aromatic carbocycles. The summed E-state index contributed by atoms with van der Waals surface area (Å²) in [5.74, 6) is 1.92. The largest absolute Gasteiger partial charge is 0.497 e. The Balaban J connectivity index is 1.38. The molecule has 1 fully saturated rings. The Morgan fingerprint density at radius 3 is 2.69 bits per heavy atom. The molecule has 2 aromatic rings. The van der Waals surface area contributed by atoms with Gasteiger partial charge in [0.25, 0.3) is 0 Å². The van der Waals surface area contributed by atoms with Crippen molar-refractivity contribution in [1.29, 1.82) is 0 Å². The van der Waals surface area contributed by atoms with Gasteiger partial charge in [0, 0.05) is 30.1 Å². The average molecular weight is 394 g/mol. The van der Waals surface area contributed by atoms with Crippen LogP contribution in [0.4, 0.5) is 5.69 Å². The van der Waals surface area contributed by atoms with E-state index in [1.54, 1.807) is 7.11 Å².